The van der Waals surface area contributed by atoms with Gasteiger partial charge in [0.15, 0.2) is 0 Å². The van der Waals surface area contributed by atoms with Crippen molar-refractivity contribution in [3.8, 4) is 0 Å². The van der Waals surface area contributed by atoms with Gasteiger partial charge in [-0.3, -0.25) is 14.9 Å². The second-order valence-electron chi connectivity index (χ2n) is 2.97. The van der Waals surface area contributed by atoms with Gasteiger partial charge >= 0.3 is 5.69 Å². The van der Waals surface area contributed by atoms with E-state index in [2.05, 4.69) is 5.32 Å². The third-order valence-corrected chi connectivity index (χ3v) is 1.78. The quantitative estimate of drug-likeness (QED) is 0.465. The van der Waals surface area contributed by atoms with E-state index in [1.807, 2.05) is 0 Å². The summed E-state index contributed by atoms with van der Waals surface area (Å²) in [7, 11) is 0. The summed E-state index contributed by atoms with van der Waals surface area (Å²) in [6, 6.07) is 1.72. The number of nitro benzene ring substituents is 1. The highest BCUT2D eigenvalue weighted by atomic mass is 19.1. The van der Waals surface area contributed by atoms with Crippen LogP contribution in [-0.4, -0.2) is 17.0 Å². The van der Waals surface area contributed by atoms with Crippen LogP contribution in [-0.2, 0) is 4.79 Å². The lowest BCUT2D eigenvalue weighted by molar-refractivity contribution is -0.387. The van der Waals surface area contributed by atoms with E-state index in [1.54, 1.807) is 0 Å². The molecular formula is C9H8FN3O3. The van der Waals surface area contributed by atoms with Gasteiger partial charge in [-0.05, 0) is 0 Å². The Kier molecular flexibility index (Phi) is 3.29. The van der Waals surface area contributed by atoms with Gasteiger partial charge in [-0.1, -0.05) is 0 Å². The Balaban J connectivity index is 3.31. The number of anilines is 1. The molecule has 2 N–H and O–H groups in total. The third-order valence-electron chi connectivity index (χ3n) is 1.78. The SMILES string of the molecule is CC(=O)Nc1cc(F)c([N+](=O)[O-])cc1C=N. The molecule has 7 heteroatoms. The van der Waals surface area contributed by atoms with Crippen molar-refractivity contribution in [3.05, 3.63) is 33.6 Å². The first-order valence-corrected chi connectivity index (χ1v) is 4.21. The number of nitro groups is 1. The van der Waals surface area contributed by atoms with Crippen molar-refractivity contribution in [2.24, 2.45) is 0 Å². The molecule has 0 spiro atoms. The summed E-state index contributed by atoms with van der Waals surface area (Å²) in [5.41, 5.74) is -0.624. The zero-order valence-corrected chi connectivity index (χ0v) is 8.28. The van der Waals surface area contributed by atoms with Gasteiger partial charge in [-0.15, -0.1) is 0 Å². The highest BCUT2D eigenvalue weighted by Crippen LogP contribution is 2.24. The van der Waals surface area contributed by atoms with Gasteiger partial charge in [0.1, 0.15) is 0 Å². The van der Waals surface area contributed by atoms with Crippen LogP contribution >= 0.6 is 0 Å². The number of hydrogen-bond donors (Lipinski definition) is 2. The van der Waals surface area contributed by atoms with E-state index in [-0.39, 0.29) is 11.3 Å². The Hall–Kier alpha value is -2.31. The highest BCUT2D eigenvalue weighted by Gasteiger charge is 2.17. The number of hydrogen-bond acceptors (Lipinski definition) is 4. The fourth-order valence-corrected chi connectivity index (χ4v) is 1.14. The first kappa shape index (κ1) is 11.8. The molecule has 0 saturated carbocycles. The lowest BCUT2D eigenvalue weighted by atomic mass is 10.1. The van der Waals surface area contributed by atoms with E-state index in [4.69, 9.17) is 5.41 Å². The van der Waals surface area contributed by atoms with Crippen LogP contribution in [0.3, 0.4) is 0 Å². The molecule has 6 nitrogen and oxygen atoms in total. The van der Waals surface area contributed by atoms with Gasteiger partial charge in [0.25, 0.3) is 0 Å². The predicted molar refractivity (Wildman–Crippen MR) is 55.2 cm³/mol. The minimum Gasteiger partial charge on any atom is -0.326 e. The van der Waals surface area contributed by atoms with Gasteiger partial charge < -0.3 is 10.7 Å². The maximum atomic E-state index is 13.2. The lowest BCUT2D eigenvalue weighted by Gasteiger charge is -2.06. The largest absolute Gasteiger partial charge is 0.326 e. The van der Waals surface area contributed by atoms with E-state index in [0.717, 1.165) is 18.3 Å². The zero-order chi connectivity index (χ0) is 12.3. The van der Waals surface area contributed by atoms with Crippen molar-refractivity contribution in [2.45, 2.75) is 6.92 Å². The third kappa shape index (κ3) is 2.38. The molecular weight excluding hydrogens is 217 g/mol. The first-order valence-electron chi connectivity index (χ1n) is 4.21. The predicted octanol–water partition coefficient (Wildman–Crippen LogP) is 1.69. The van der Waals surface area contributed by atoms with Crippen molar-refractivity contribution < 1.29 is 14.1 Å². The molecule has 1 rings (SSSR count). The highest BCUT2D eigenvalue weighted by molar-refractivity contribution is 5.96. The maximum Gasteiger partial charge on any atom is 0.305 e. The first-order chi connectivity index (χ1) is 7.45. The Morgan fingerprint density at radius 3 is 2.69 bits per heavy atom. The second-order valence-corrected chi connectivity index (χ2v) is 2.97. The minimum atomic E-state index is -1.06. The van der Waals surface area contributed by atoms with Crippen molar-refractivity contribution in [1.82, 2.24) is 0 Å². The van der Waals surface area contributed by atoms with E-state index < -0.39 is 22.3 Å². The number of amides is 1. The van der Waals surface area contributed by atoms with Crippen LogP contribution in [0.4, 0.5) is 15.8 Å². The molecule has 0 heterocycles. The molecule has 0 aliphatic rings. The number of benzene rings is 1. The van der Waals surface area contributed by atoms with Crippen molar-refractivity contribution in [2.75, 3.05) is 5.32 Å². The minimum absolute atomic E-state index is 0.0330. The molecule has 16 heavy (non-hydrogen) atoms. The normalized spacial score (nSPS) is 9.62. The summed E-state index contributed by atoms with van der Waals surface area (Å²) in [6.07, 6.45) is 0.803. The van der Waals surface area contributed by atoms with Gasteiger partial charge in [0.2, 0.25) is 11.7 Å². The number of nitrogens with zero attached hydrogens (tertiary/aromatic N) is 1. The molecule has 0 aliphatic carbocycles. The molecule has 0 aromatic heterocycles. The van der Waals surface area contributed by atoms with Gasteiger partial charge in [-0.2, -0.15) is 4.39 Å². The molecule has 1 aromatic rings. The monoisotopic (exact) mass is 225 g/mol. The van der Waals surface area contributed by atoms with E-state index in [1.165, 1.54) is 6.92 Å². The Morgan fingerprint density at radius 2 is 2.25 bits per heavy atom. The van der Waals surface area contributed by atoms with Crippen molar-refractivity contribution >= 4 is 23.5 Å². The van der Waals surface area contributed by atoms with Crippen LogP contribution in [0.5, 0.6) is 0 Å². The molecule has 0 bridgehead atoms. The van der Waals surface area contributed by atoms with Gasteiger partial charge in [0, 0.05) is 30.8 Å². The number of halogens is 1. The Bertz CT molecular complexity index is 473. The molecule has 0 unspecified atom stereocenters. The van der Waals surface area contributed by atoms with E-state index >= 15 is 0 Å². The Morgan fingerprint density at radius 1 is 1.62 bits per heavy atom. The van der Waals surface area contributed by atoms with Crippen LogP contribution in [0.15, 0.2) is 12.1 Å². The van der Waals surface area contributed by atoms with E-state index in [0.29, 0.717) is 0 Å². The zero-order valence-electron chi connectivity index (χ0n) is 8.28. The molecule has 0 aliphatic heterocycles. The molecule has 1 amide bonds. The van der Waals surface area contributed by atoms with Crippen molar-refractivity contribution in [1.29, 1.82) is 5.41 Å². The molecule has 1 aromatic carbocycles. The summed E-state index contributed by atoms with van der Waals surface area (Å²) in [5.74, 6) is -1.50. The average molecular weight is 225 g/mol. The van der Waals surface area contributed by atoms with Crippen LogP contribution < -0.4 is 5.32 Å². The summed E-state index contributed by atoms with van der Waals surface area (Å²) in [5, 5.41) is 19.7. The van der Waals surface area contributed by atoms with Gasteiger partial charge in [-0.25, -0.2) is 0 Å². The molecule has 0 atom stereocenters. The smallest absolute Gasteiger partial charge is 0.305 e. The molecule has 0 radical (unpaired) electrons. The van der Waals surface area contributed by atoms with Crippen molar-refractivity contribution in [3.63, 3.8) is 0 Å². The van der Waals surface area contributed by atoms with Crippen LogP contribution in [0.2, 0.25) is 0 Å². The second kappa shape index (κ2) is 4.47. The topological polar surface area (TPSA) is 96.1 Å². The maximum absolute atomic E-state index is 13.2. The molecule has 0 fully saturated rings. The lowest BCUT2D eigenvalue weighted by Crippen LogP contribution is -2.09. The average Bonchev–Trinajstić information content (AvgIpc) is 2.16. The van der Waals surface area contributed by atoms with Crippen LogP contribution in [0, 0.1) is 21.3 Å². The fraction of sp³-hybridized carbons (Fsp3) is 0.111. The van der Waals surface area contributed by atoms with Gasteiger partial charge in [0.05, 0.1) is 10.6 Å². The standard InChI is InChI=1S/C9H8FN3O3/c1-5(14)12-8-3-7(10)9(13(15)16)2-6(8)4-11/h2-4,11H,1H3,(H,12,14). The molecule has 0 saturated heterocycles. The number of carbonyl (C=O) groups excluding carboxylic acids is 1. The van der Waals surface area contributed by atoms with Crippen LogP contribution in [0.25, 0.3) is 0 Å². The Labute approximate surface area is 89.7 Å². The summed E-state index contributed by atoms with van der Waals surface area (Å²) < 4.78 is 13.2. The number of nitrogens with one attached hydrogen (secondary N) is 2. The molecule has 84 valence electrons. The fourth-order valence-electron chi connectivity index (χ4n) is 1.14. The van der Waals surface area contributed by atoms with Crippen LogP contribution in [0.1, 0.15) is 12.5 Å². The number of rotatable bonds is 3. The van der Waals surface area contributed by atoms with E-state index in [9.17, 15) is 19.3 Å². The summed E-state index contributed by atoms with van der Waals surface area (Å²) in [6.45, 7) is 1.22. The summed E-state index contributed by atoms with van der Waals surface area (Å²) >= 11 is 0. The number of carbonyl (C=O) groups is 1. The summed E-state index contributed by atoms with van der Waals surface area (Å²) in [4.78, 5) is 20.3.